The van der Waals surface area contributed by atoms with Gasteiger partial charge in [0.2, 0.25) is 5.91 Å². The lowest BCUT2D eigenvalue weighted by Gasteiger charge is -2.33. The number of amides is 1. The molecular formula is C28H30Cl3N3O. The number of likely N-dealkylation sites (N-methyl/N-ethyl adjacent to an activating group) is 2. The summed E-state index contributed by atoms with van der Waals surface area (Å²) in [6.07, 6.45) is 2.40. The highest BCUT2D eigenvalue weighted by Gasteiger charge is 2.26. The van der Waals surface area contributed by atoms with Crippen LogP contribution in [0, 0.1) is 0 Å². The molecule has 0 bridgehead atoms. The highest BCUT2D eigenvalue weighted by molar-refractivity contribution is 6.42. The van der Waals surface area contributed by atoms with Gasteiger partial charge in [-0.05, 0) is 67.4 Å². The van der Waals surface area contributed by atoms with Crippen LogP contribution in [0.15, 0.2) is 66.7 Å². The van der Waals surface area contributed by atoms with Crippen molar-refractivity contribution in [2.45, 2.75) is 18.9 Å². The molecule has 1 unspecified atom stereocenters. The molecule has 1 aliphatic rings. The van der Waals surface area contributed by atoms with E-state index in [9.17, 15) is 4.79 Å². The van der Waals surface area contributed by atoms with E-state index in [4.69, 9.17) is 34.8 Å². The van der Waals surface area contributed by atoms with Crippen LogP contribution in [0.4, 0.5) is 5.69 Å². The molecule has 0 saturated carbocycles. The number of halogens is 3. The number of likely N-dealkylation sites (tertiary alicyclic amines) is 1. The van der Waals surface area contributed by atoms with Crippen molar-refractivity contribution in [2.75, 3.05) is 45.2 Å². The normalized spacial score (nSPS) is 14.7. The summed E-state index contributed by atoms with van der Waals surface area (Å²) in [7, 11) is 3.78. The lowest BCUT2D eigenvalue weighted by molar-refractivity contribution is -0.131. The number of nitrogens with zero attached hydrogens (tertiary/aromatic N) is 3. The van der Waals surface area contributed by atoms with E-state index in [1.54, 1.807) is 12.1 Å². The highest BCUT2D eigenvalue weighted by Crippen LogP contribution is 2.32. The SMILES string of the molecule is CN(CC(=O)N(C)C(CN1CCCC1)c1cccc(-c2ccccc2Cl)c1)c1ccc(Cl)c(Cl)c1. The second-order valence-electron chi connectivity index (χ2n) is 9.09. The third-order valence-corrected chi connectivity index (χ3v) is 7.73. The van der Waals surface area contributed by atoms with Crippen LogP contribution in [0.25, 0.3) is 11.1 Å². The monoisotopic (exact) mass is 529 g/mol. The predicted molar refractivity (Wildman–Crippen MR) is 148 cm³/mol. The number of hydrogen-bond donors (Lipinski definition) is 0. The first-order chi connectivity index (χ1) is 16.8. The molecule has 0 N–H and O–H groups in total. The van der Waals surface area contributed by atoms with Gasteiger partial charge in [0, 0.05) is 36.9 Å². The molecule has 1 saturated heterocycles. The molecule has 1 atom stereocenters. The Hall–Kier alpha value is -2.24. The number of rotatable bonds is 8. The van der Waals surface area contributed by atoms with Crippen LogP contribution in [-0.4, -0.2) is 56.0 Å². The zero-order valence-electron chi connectivity index (χ0n) is 20.1. The Morgan fingerprint density at radius 2 is 1.63 bits per heavy atom. The summed E-state index contributed by atoms with van der Waals surface area (Å²) in [5, 5.41) is 1.69. The van der Waals surface area contributed by atoms with Gasteiger partial charge in [0.25, 0.3) is 0 Å². The van der Waals surface area contributed by atoms with Gasteiger partial charge >= 0.3 is 0 Å². The fourth-order valence-corrected chi connectivity index (χ4v) is 5.11. The largest absolute Gasteiger partial charge is 0.365 e. The van der Waals surface area contributed by atoms with Crippen molar-refractivity contribution in [3.63, 3.8) is 0 Å². The summed E-state index contributed by atoms with van der Waals surface area (Å²) < 4.78 is 0. The molecule has 4 nitrogen and oxygen atoms in total. The molecule has 1 aliphatic heterocycles. The number of benzene rings is 3. The lowest BCUT2D eigenvalue weighted by atomic mass is 9.98. The van der Waals surface area contributed by atoms with E-state index in [1.165, 1.54) is 12.8 Å². The average molecular weight is 531 g/mol. The Balaban J connectivity index is 1.58. The minimum atomic E-state index is -0.0785. The molecule has 3 aromatic rings. The number of anilines is 1. The van der Waals surface area contributed by atoms with E-state index in [1.807, 2.05) is 60.3 Å². The third kappa shape index (κ3) is 6.31. The molecule has 1 fully saturated rings. The molecule has 0 radical (unpaired) electrons. The second kappa shape index (κ2) is 11.7. The van der Waals surface area contributed by atoms with E-state index < -0.39 is 0 Å². The van der Waals surface area contributed by atoms with Gasteiger partial charge in [-0.1, -0.05) is 71.2 Å². The fourth-order valence-electron chi connectivity index (χ4n) is 4.57. The van der Waals surface area contributed by atoms with Crippen molar-refractivity contribution in [3.05, 3.63) is 87.4 Å². The standard InChI is InChI=1S/C28H30Cl3N3O/c1-32(22-12-13-25(30)26(31)17-22)19-28(35)33(2)27(18-34-14-5-6-15-34)21-9-7-8-20(16-21)23-10-3-4-11-24(23)29/h3-4,7-13,16-17,27H,5-6,14-15,18-19H2,1-2H3. The topological polar surface area (TPSA) is 26.8 Å². The van der Waals surface area contributed by atoms with E-state index in [2.05, 4.69) is 23.1 Å². The van der Waals surface area contributed by atoms with Crippen LogP contribution in [0.5, 0.6) is 0 Å². The molecule has 184 valence electrons. The number of hydrogen-bond acceptors (Lipinski definition) is 3. The Kier molecular flexibility index (Phi) is 8.61. The van der Waals surface area contributed by atoms with Crippen molar-refractivity contribution in [2.24, 2.45) is 0 Å². The van der Waals surface area contributed by atoms with Gasteiger partial charge in [0.05, 0.1) is 22.6 Å². The van der Waals surface area contributed by atoms with Gasteiger partial charge in [-0.3, -0.25) is 4.79 Å². The molecule has 0 spiro atoms. The van der Waals surface area contributed by atoms with Gasteiger partial charge in [-0.25, -0.2) is 0 Å². The lowest BCUT2D eigenvalue weighted by Crippen LogP contribution is -2.42. The first kappa shape index (κ1) is 25.8. The summed E-state index contributed by atoms with van der Waals surface area (Å²) in [6, 6.07) is 21.6. The Bertz CT molecular complexity index is 1180. The van der Waals surface area contributed by atoms with Gasteiger partial charge in [0.1, 0.15) is 0 Å². The summed E-state index contributed by atoms with van der Waals surface area (Å²) in [6.45, 7) is 3.15. The molecule has 0 aromatic heterocycles. The average Bonchev–Trinajstić information content (AvgIpc) is 3.37. The Morgan fingerprint density at radius 1 is 0.886 bits per heavy atom. The smallest absolute Gasteiger partial charge is 0.242 e. The molecule has 3 aromatic carbocycles. The van der Waals surface area contributed by atoms with Gasteiger partial charge in [0.15, 0.2) is 0 Å². The molecule has 1 amide bonds. The van der Waals surface area contributed by atoms with E-state index in [0.29, 0.717) is 15.1 Å². The van der Waals surface area contributed by atoms with Crippen molar-refractivity contribution in [1.82, 2.24) is 9.80 Å². The first-order valence-electron chi connectivity index (χ1n) is 11.8. The summed E-state index contributed by atoms with van der Waals surface area (Å²) in [4.78, 5) is 19.7. The molecule has 35 heavy (non-hydrogen) atoms. The van der Waals surface area contributed by atoms with Crippen molar-refractivity contribution >= 4 is 46.4 Å². The zero-order chi connectivity index (χ0) is 24.9. The van der Waals surface area contributed by atoms with Crippen LogP contribution in [0.3, 0.4) is 0 Å². The van der Waals surface area contributed by atoms with Crippen LogP contribution >= 0.6 is 34.8 Å². The second-order valence-corrected chi connectivity index (χ2v) is 10.3. The van der Waals surface area contributed by atoms with Crippen LogP contribution in [0.1, 0.15) is 24.4 Å². The van der Waals surface area contributed by atoms with E-state index >= 15 is 0 Å². The van der Waals surface area contributed by atoms with E-state index in [0.717, 1.165) is 42.0 Å². The first-order valence-corrected chi connectivity index (χ1v) is 13.0. The highest BCUT2D eigenvalue weighted by atomic mass is 35.5. The maximum atomic E-state index is 13.5. The van der Waals surface area contributed by atoms with Crippen molar-refractivity contribution in [3.8, 4) is 11.1 Å². The van der Waals surface area contributed by atoms with Gasteiger partial charge in [-0.15, -0.1) is 0 Å². The number of carbonyl (C=O) groups excluding carboxylic acids is 1. The summed E-state index contributed by atoms with van der Waals surface area (Å²) >= 11 is 18.7. The minimum absolute atomic E-state index is 0.0333. The van der Waals surface area contributed by atoms with Crippen molar-refractivity contribution < 1.29 is 4.79 Å². The molecular weight excluding hydrogens is 501 g/mol. The summed E-state index contributed by atoms with van der Waals surface area (Å²) in [5.74, 6) is 0.0333. The maximum Gasteiger partial charge on any atom is 0.242 e. The van der Waals surface area contributed by atoms with Gasteiger partial charge in [-0.2, -0.15) is 0 Å². The molecule has 1 heterocycles. The minimum Gasteiger partial charge on any atom is -0.365 e. The maximum absolute atomic E-state index is 13.5. The molecule has 0 aliphatic carbocycles. The molecule has 7 heteroatoms. The Morgan fingerprint density at radius 3 is 2.34 bits per heavy atom. The third-order valence-electron chi connectivity index (χ3n) is 6.66. The van der Waals surface area contributed by atoms with Crippen LogP contribution < -0.4 is 4.90 Å². The van der Waals surface area contributed by atoms with Crippen molar-refractivity contribution in [1.29, 1.82) is 0 Å². The number of carbonyl (C=O) groups is 1. The quantitative estimate of drug-likeness (QED) is 0.312. The predicted octanol–water partition coefficient (Wildman–Crippen LogP) is 7.05. The Labute approximate surface area is 223 Å². The zero-order valence-corrected chi connectivity index (χ0v) is 22.3. The van der Waals surface area contributed by atoms with Crippen LogP contribution in [-0.2, 0) is 4.79 Å². The fraction of sp³-hybridized carbons (Fsp3) is 0.321. The van der Waals surface area contributed by atoms with E-state index in [-0.39, 0.29) is 18.5 Å². The summed E-state index contributed by atoms with van der Waals surface area (Å²) in [5.41, 5.74) is 3.98. The van der Waals surface area contributed by atoms with Gasteiger partial charge < -0.3 is 14.7 Å². The molecule has 4 rings (SSSR count). The van der Waals surface area contributed by atoms with Crippen LogP contribution in [0.2, 0.25) is 15.1 Å².